The molecule has 1 atom stereocenters. The zero-order chi connectivity index (χ0) is 19.7. The maximum atomic E-state index is 14.1. The Morgan fingerprint density at radius 1 is 0.964 bits per heavy atom. The highest BCUT2D eigenvalue weighted by Crippen LogP contribution is 2.26. The zero-order valence-corrected chi connectivity index (χ0v) is 15.9. The predicted molar refractivity (Wildman–Crippen MR) is 102 cm³/mol. The Bertz CT molecular complexity index is 948. The summed E-state index contributed by atoms with van der Waals surface area (Å²) >= 11 is 0. The van der Waals surface area contributed by atoms with E-state index in [4.69, 9.17) is 0 Å². The Hall–Kier alpha value is -2.87. The standard InChI is InChI=1S/C20H22F2N6/c1-14-3-6-17(7-4-14)28-20(23-24-25-28)27-11-9-26(10-12-27)15(2)18-8-5-16(21)13-19(18)22/h3-8,13,15H,9-12H2,1-2H3. The second-order valence-corrected chi connectivity index (χ2v) is 7.09. The molecule has 1 saturated heterocycles. The summed E-state index contributed by atoms with van der Waals surface area (Å²) in [6.45, 7) is 6.90. The fraction of sp³-hybridized carbons (Fsp3) is 0.350. The summed E-state index contributed by atoms with van der Waals surface area (Å²) in [4.78, 5) is 4.32. The van der Waals surface area contributed by atoms with Gasteiger partial charge in [0.15, 0.2) is 0 Å². The molecule has 3 aromatic rings. The summed E-state index contributed by atoms with van der Waals surface area (Å²) < 4.78 is 29.0. The van der Waals surface area contributed by atoms with Crippen molar-refractivity contribution in [2.45, 2.75) is 19.9 Å². The number of benzene rings is 2. The quantitative estimate of drug-likeness (QED) is 0.692. The summed E-state index contributed by atoms with van der Waals surface area (Å²) in [6.07, 6.45) is 0. The van der Waals surface area contributed by atoms with E-state index in [0.717, 1.165) is 37.9 Å². The summed E-state index contributed by atoms with van der Waals surface area (Å²) in [5.41, 5.74) is 2.60. The maximum Gasteiger partial charge on any atom is 0.250 e. The van der Waals surface area contributed by atoms with Crippen molar-refractivity contribution in [1.82, 2.24) is 25.1 Å². The molecular weight excluding hydrogens is 362 g/mol. The van der Waals surface area contributed by atoms with Crippen LogP contribution in [0.1, 0.15) is 24.1 Å². The molecule has 8 heteroatoms. The van der Waals surface area contributed by atoms with E-state index in [1.165, 1.54) is 17.7 Å². The number of piperazine rings is 1. The van der Waals surface area contributed by atoms with E-state index >= 15 is 0 Å². The Balaban J connectivity index is 1.46. The van der Waals surface area contributed by atoms with Crippen molar-refractivity contribution in [2.75, 3.05) is 31.1 Å². The topological polar surface area (TPSA) is 50.1 Å². The molecule has 1 aliphatic rings. The molecule has 1 aromatic heterocycles. The molecule has 0 N–H and O–H groups in total. The molecule has 4 rings (SSSR count). The number of rotatable bonds is 4. The normalized spacial score (nSPS) is 16.4. The lowest BCUT2D eigenvalue weighted by molar-refractivity contribution is 0.194. The van der Waals surface area contributed by atoms with Gasteiger partial charge in [0, 0.05) is 43.9 Å². The van der Waals surface area contributed by atoms with Crippen LogP contribution in [0.25, 0.3) is 5.69 Å². The van der Waals surface area contributed by atoms with Gasteiger partial charge in [0.2, 0.25) is 5.95 Å². The second-order valence-electron chi connectivity index (χ2n) is 7.09. The monoisotopic (exact) mass is 384 g/mol. The first-order valence-corrected chi connectivity index (χ1v) is 9.32. The van der Waals surface area contributed by atoms with Crippen molar-refractivity contribution < 1.29 is 8.78 Å². The van der Waals surface area contributed by atoms with Gasteiger partial charge in [-0.1, -0.05) is 28.9 Å². The number of hydrogen-bond acceptors (Lipinski definition) is 5. The minimum atomic E-state index is -0.554. The smallest absolute Gasteiger partial charge is 0.250 e. The first-order valence-electron chi connectivity index (χ1n) is 9.32. The van der Waals surface area contributed by atoms with Crippen molar-refractivity contribution in [3.05, 3.63) is 65.2 Å². The predicted octanol–water partition coefficient (Wildman–Crippen LogP) is 3.13. The summed E-state index contributed by atoms with van der Waals surface area (Å²) in [6, 6.07) is 11.7. The molecule has 0 bridgehead atoms. The van der Waals surface area contributed by atoms with Crippen LogP contribution in [0.3, 0.4) is 0 Å². The lowest BCUT2D eigenvalue weighted by Crippen LogP contribution is -2.48. The molecule has 6 nitrogen and oxygen atoms in total. The van der Waals surface area contributed by atoms with Gasteiger partial charge >= 0.3 is 0 Å². The van der Waals surface area contributed by atoms with E-state index < -0.39 is 11.6 Å². The molecule has 28 heavy (non-hydrogen) atoms. The molecule has 1 fully saturated rings. The van der Waals surface area contributed by atoms with Gasteiger partial charge in [-0.05, 0) is 42.5 Å². The SMILES string of the molecule is Cc1ccc(-n2nnnc2N2CCN(C(C)c3ccc(F)cc3F)CC2)cc1. The van der Waals surface area contributed by atoms with Crippen LogP contribution in [-0.2, 0) is 0 Å². The van der Waals surface area contributed by atoms with Gasteiger partial charge in [0.1, 0.15) is 11.6 Å². The molecular formula is C20H22F2N6. The van der Waals surface area contributed by atoms with E-state index in [0.29, 0.717) is 11.5 Å². The second kappa shape index (κ2) is 7.63. The minimum Gasteiger partial charge on any atom is -0.337 e. The number of anilines is 1. The average Bonchev–Trinajstić information content (AvgIpc) is 3.18. The van der Waals surface area contributed by atoms with Crippen LogP contribution in [0.15, 0.2) is 42.5 Å². The summed E-state index contributed by atoms with van der Waals surface area (Å²) in [5.74, 6) is -0.358. The van der Waals surface area contributed by atoms with E-state index in [2.05, 4.69) is 25.3 Å². The third kappa shape index (κ3) is 3.60. The fourth-order valence-corrected chi connectivity index (χ4v) is 3.58. The van der Waals surface area contributed by atoms with E-state index in [9.17, 15) is 8.78 Å². The van der Waals surface area contributed by atoms with E-state index in [1.807, 2.05) is 38.1 Å². The third-order valence-corrected chi connectivity index (χ3v) is 5.29. The van der Waals surface area contributed by atoms with Crippen LogP contribution < -0.4 is 4.90 Å². The van der Waals surface area contributed by atoms with Gasteiger partial charge < -0.3 is 4.90 Å². The van der Waals surface area contributed by atoms with Gasteiger partial charge in [-0.3, -0.25) is 4.90 Å². The van der Waals surface area contributed by atoms with E-state index in [-0.39, 0.29) is 6.04 Å². The van der Waals surface area contributed by atoms with Crippen LogP contribution in [-0.4, -0.2) is 51.3 Å². The van der Waals surface area contributed by atoms with Crippen LogP contribution in [0, 0.1) is 18.6 Å². The Kier molecular flexibility index (Phi) is 5.04. The average molecular weight is 384 g/mol. The van der Waals surface area contributed by atoms with Crippen molar-refractivity contribution in [2.24, 2.45) is 0 Å². The number of aryl methyl sites for hydroxylation is 1. The molecule has 0 saturated carbocycles. The summed E-state index contributed by atoms with van der Waals surface area (Å²) in [7, 11) is 0. The lowest BCUT2D eigenvalue weighted by atomic mass is 10.1. The first kappa shape index (κ1) is 18.5. The van der Waals surface area contributed by atoms with Crippen LogP contribution >= 0.6 is 0 Å². The Morgan fingerprint density at radius 3 is 2.36 bits per heavy atom. The molecule has 0 radical (unpaired) electrons. The van der Waals surface area contributed by atoms with Crippen molar-refractivity contribution in [3.63, 3.8) is 0 Å². The first-order chi connectivity index (χ1) is 13.5. The molecule has 0 amide bonds. The van der Waals surface area contributed by atoms with Gasteiger partial charge in [0.25, 0.3) is 0 Å². The fourth-order valence-electron chi connectivity index (χ4n) is 3.58. The molecule has 1 unspecified atom stereocenters. The molecule has 2 heterocycles. The van der Waals surface area contributed by atoms with E-state index in [1.54, 1.807) is 4.68 Å². The highest BCUT2D eigenvalue weighted by atomic mass is 19.1. The molecule has 1 aliphatic heterocycles. The van der Waals surface area contributed by atoms with Gasteiger partial charge in [0.05, 0.1) is 5.69 Å². The lowest BCUT2D eigenvalue weighted by Gasteiger charge is -2.38. The third-order valence-electron chi connectivity index (χ3n) is 5.29. The van der Waals surface area contributed by atoms with Crippen LogP contribution in [0.2, 0.25) is 0 Å². The van der Waals surface area contributed by atoms with Crippen LogP contribution in [0.4, 0.5) is 14.7 Å². The molecule has 0 aliphatic carbocycles. The largest absolute Gasteiger partial charge is 0.337 e. The Morgan fingerprint density at radius 2 is 1.68 bits per heavy atom. The molecule has 2 aromatic carbocycles. The molecule has 0 spiro atoms. The zero-order valence-electron chi connectivity index (χ0n) is 15.9. The number of hydrogen-bond donors (Lipinski definition) is 0. The molecule has 146 valence electrons. The van der Waals surface area contributed by atoms with Gasteiger partial charge in [-0.2, -0.15) is 4.68 Å². The maximum absolute atomic E-state index is 14.1. The number of nitrogens with zero attached hydrogens (tertiary/aromatic N) is 6. The van der Waals surface area contributed by atoms with Crippen molar-refractivity contribution in [1.29, 1.82) is 0 Å². The summed E-state index contributed by atoms with van der Waals surface area (Å²) in [5, 5.41) is 12.2. The number of tetrazole rings is 1. The Labute approximate surface area is 162 Å². The van der Waals surface area contributed by atoms with Crippen molar-refractivity contribution in [3.8, 4) is 5.69 Å². The number of aromatic nitrogens is 4. The van der Waals surface area contributed by atoms with Gasteiger partial charge in [-0.15, -0.1) is 0 Å². The van der Waals surface area contributed by atoms with Gasteiger partial charge in [-0.25, -0.2) is 8.78 Å². The van der Waals surface area contributed by atoms with Crippen molar-refractivity contribution >= 4 is 5.95 Å². The number of halogens is 2. The minimum absolute atomic E-state index is 0.129. The van der Waals surface area contributed by atoms with Crippen LogP contribution in [0.5, 0.6) is 0 Å². The highest BCUT2D eigenvalue weighted by Gasteiger charge is 2.26. The highest BCUT2D eigenvalue weighted by molar-refractivity contribution is 5.42.